The highest BCUT2D eigenvalue weighted by molar-refractivity contribution is 5.82. The zero-order valence-corrected chi connectivity index (χ0v) is 17.9. The smallest absolute Gasteiger partial charge is 0.367 e. The largest absolute Gasteiger partial charge is 0.401 e. The van der Waals surface area contributed by atoms with Crippen molar-refractivity contribution in [1.82, 2.24) is 14.6 Å². The van der Waals surface area contributed by atoms with Crippen LogP contribution < -0.4 is 26.3 Å². The van der Waals surface area contributed by atoms with E-state index in [4.69, 9.17) is 4.84 Å². The zero-order chi connectivity index (χ0) is 22.7. The number of rotatable bonds is 8. The molecule has 32 heavy (non-hydrogen) atoms. The van der Waals surface area contributed by atoms with Gasteiger partial charge in [0.2, 0.25) is 0 Å². The van der Waals surface area contributed by atoms with Gasteiger partial charge >= 0.3 is 5.69 Å². The second-order valence-corrected chi connectivity index (χ2v) is 7.91. The summed E-state index contributed by atoms with van der Waals surface area (Å²) in [7, 11) is 0. The minimum atomic E-state index is -1.17. The van der Waals surface area contributed by atoms with Crippen LogP contribution in [0.25, 0.3) is 10.9 Å². The van der Waals surface area contributed by atoms with E-state index in [2.05, 4.69) is 5.32 Å². The molecule has 1 unspecified atom stereocenters. The number of nitrogens with zero attached hydrogens (tertiary/aromatic N) is 3. The van der Waals surface area contributed by atoms with E-state index < -0.39 is 23.9 Å². The van der Waals surface area contributed by atoms with Gasteiger partial charge in [-0.15, -0.1) is 0 Å². The summed E-state index contributed by atoms with van der Waals surface area (Å²) in [6.45, 7) is 3.61. The Morgan fingerprint density at radius 1 is 1.22 bits per heavy atom. The molecule has 0 radical (unpaired) electrons. The number of benzene rings is 2. The molecule has 0 aliphatic carbocycles. The van der Waals surface area contributed by atoms with E-state index >= 15 is 4.39 Å². The summed E-state index contributed by atoms with van der Waals surface area (Å²) in [4.78, 5) is 33.0. The molecule has 1 aliphatic heterocycles. The van der Waals surface area contributed by atoms with Gasteiger partial charge in [-0.3, -0.25) is 9.36 Å². The Labute approximate surface area is 183 Å². The Kier molecular flexibility index (Phi) is 6.55. The van der Waals surface area contributed by atoms with Crippen LogP contribution in [0.1, 0.15) is 18.9 Å². The first-order chi connectivity index (χ1) is 15.5. The maximum absolute atomic E-state index is 15.1. The number of hydrogen-bond donors (Lipinski definition) is 1. The topological polar surface area (TPSA) is 68.5 Å². The molecule has 2 aromatic carbocycles. The van der Waals surface area contributed by atoms with Crippen LogP contribution in [0.5, 0.6) is 0 Å². The Bertz CT molecular complexity index is 1200. The lowest BCUT2D eigenvalue weighted by atomic mass is 10.1. The van der Waals surface area contributed by atoms with Crippen molar-refractivity contribution in [2.75, 3.05) is 31.1 Å². The van der Waals surface area contributed by atoms with Gasteiger partial charge in [-0.2, -0.15) is 0 Å². The molecule has 0 saturated carbocycles. The van der Waals surface area contributed by atoms with Gasteiger partial charge in [-0.05, 0) is 50.0 Å². The Morgan fingerprint density at radius 2 is 2.00 bits per heavy atom. The third-order valence-electron chi connectivity index (χ3n) is 5.86. The minimum Gasteiger partial charge on any atom is -0.401 e. The van der Waals surface area contributed by atoms with Crippen LogP contribution in [0, 0.1) is 11.7 Å². The number of nitrogens with one attached hydrogen (secondary N) is 1. The summed E-state index contributed by atoms with van der Waals surface area (Å²) in [5, 5.41) is 3.17. The summed E-state index contributed by atoms with van der Waals surface area (Å²) in [6.07, 6.45) is 0.990. The van der Waals surface area contributed by atoms with Gasteiger partial charge in [0.25, 0.3) is 5.56 Å². The van der Waals surface area contributed by atoms with Crippen molar-refractivity contribution < 1.29 is 13.6 Å². The van der Waals surface area contributed by atoms with Crippen molar-refractivity contribution in [1.29, 1.82) is 0 Å². The third kappa shape index (κ3) is 4.25. The molecular weight excluding hydrogens is 418 g/mol. The molecule has 0 spiro atoms. The summed E-state index contributed by atoms with van der Waals surface area (Å²) in [5.41, 5.74) is -0.745. The molecule has 1 aromatic heterocycles. The molecule has 9 heteroatoms. The predicted octanol–water partition coefficient (Wildman–Crippen LogP) is 2.29. The highest BCUT2D eigenvalue weighted by Gasteiger charge is 2.22. The molecule has 4 rings (SSSR count). The lowest BCUT2D eigenvalue weighted by Crippen LogP contribution is -2.43. The predicted molar refractivity (Wildman–Crippen MR) is 119 cm³/mol. The number of aromatic nitrogens is 2. The highest BCUT2D eigenvalue weighted by atomic mass is 19.1. The zero-order valence-electron chi connectivity index (χ0n) is 17.9. The number of hydrogen-bond acceptors (Lipinski definition) is 5. The van der Waals surface area contributed by atoms with E-state index in [1.54, 1.807) is 24.3 Å². The summed E-state index contributed by atoms with van der Waals surface area (Å²) in [6, 6.07) is 11.4. The Morgan fingerprint density at radius 3 is 2.66 bits per heavy atom. The average molecular weight is 444 g/mol. The molecule has 7 nitrogen and oxygen atoms in total. The molecule has 1 aliphatic rings. The molecule has 0 bridgehead atoms. The fourth-order valence-electron chi connectivity index (χ4n) is 4.12. The van der Waals surface area contributed by atoms with Gasteiger partial charge < -0.3 is 15.1 Å². The van der Waals surface area contributed by atoms with E-state index in [1.165, 1.54) is 6.07 Å². The van der Waals surface area contributed by atoms with Gasteiger partial charge in [-0.1, -0.05) is 35.1 Å². The lowest BCUT2D eigenvalue weighted by Gasteiger charge is -2.27. The molecule has 1 saturated heterocycles. The molecule has 1 N–H and O–H groups in total. The lowest BCUT2D eigenvalue weighted by molar-refractivity contribution is 0.0755. The van der Waals surface area contributed by atoms with E-state index in [-0.39, 0.29) is 23.2 Å². The van der Waals surface area contributed by atoms with Crippen LogP contribution in [0.3, 0.4) is 0 Å². The maximum atomic E-state index is 15.1. The van der Waals surface area contributed by atoms with E-state index in [9.17, 15) is 14.0 Å². The van der Waals surface area contributed by atoms with Crippen molar-refractivity contribution in [2.45, 2.75) is 26.7 Å². The Hall–Kier alpha value is -3.20. The first kappa shape index (κ1) is 22.0. The fourth-order valence-corrected chi connectivity index (χ4v) is 4.12. The quantitative estimate of drug-likeness (QED) is 0.578. The third-order valence-corrected chi connectivity index (χ3v) is 5.86. The SMILES string of the molecule is CCN(CC1CCNC1)c1cc2c(cc1F)c(=O)n(OCc1ccccc1)c(=O)n2CF. The summed E-state index contributed by atoms with van der Waals surface area (Å²) < 4.78 is 30.3. The van der Waals surface area contributed by atoms with Gasteiger partial charge in [0.1, 0.15) is 12.4 Å². The van der Waals surface area contributed by atoms with Crippen molar-refractivity contribution in [2.24, 2.45) is 5.92 Å². The fraction of sp³-hybridized carbons (Fsp3) is 0.391. The van der Waals surface area contributed by atoms with Crippen LogP contribution in [-0.2, 0) is 13.4 Å². The molecular formula is C23H26F2N4O3. The van der Waals surface area contributed by atoms with E-state index in [0.717, 1.165) is 35.7 Å². The van der Waals surface area contributed by atoms with Crippen LogP contribution in [0.15, 0.2) is 52.1 Å². The van der Waals surface area contributed by atoms with Crippen LogP contribution in [-0.4, -0.2) is 35.5 Å². The molecule has 1 fully saturated rings. The van der Waals surface area contributed by atoms with Gasteiger partial charge in [0.05, 0.1) is 16.6 Å². The second kappa shape index (κ2) is 9.52. The van der Waals surface area contributed by atoms with E-state index in [0.29, 0.717) is 23.7 Å². The number of halogens is 2. The van der Waals surface area contributed by atoms with Crippen LogP contribution in [0.4, 0.5) is 14.5 Å². The molecule has 1 atom stereocenters. The summed E-state index contributed by atoms with van der Waals surface area (Å²) in [5.74, 6) is -0.228. The second-order valence-electron chi connectivity index (χ2n) is 7.91. The molecule has 2 heterocycles. The standard InChI is InChI=1S/C23H26F2N4O3/c1-2-27(13-17-8-9-26-12-17)21-11-20-18(10-19(21)25)22(30)29(23(31)28(20)15-24)32-14-16-6-4-3-5-7-16/h3-7,10-11,17,26H,2,8-9,12-15H2,1H3. The number of alkyl halides is 1. The van der Waals surface area contributed by atoms with Gasteiger partial charge in [-0.25, -0.2) is 13.6 Å². The van der Waals surface area contributed by atoms with E-state index in [1.807, 2.05) is 17.9 Å². The maximum Gasteiger partial charge on any atom is 0.367 e. The van der Waals surface area contributed by atoms with Gasteiger partial charge in [0, 0.05) is 13.1 Å². The van der Waals surface area contributed by atoms with Gasteiger partial charge in [0.15, 0.2) is 6.80 Å². The Balaban J connectivity index is 1.76. The first-order valence-corrected chi connectivity index (χ1v) is 10.7. The number of fused-ring (bicyclic) bond motifs is 1. The minimum absolute atomic E-state index is 0.0430. The molecule has 0 amide bonds. The summed E-state index contributed by atoms with van der Waals surface area (Å²) >= 11 is 0. The van der Waals surface area contributed by atoms with Crippen LogP contribution in [0.2, 0.25) is 0 Å². The van der Waals surface area contributed by atoms with Crippen molar-refractivity contribution in [3.8, 4) is 0 Å². The monoisotopic (exact) mass is 444 g/mol. The van der Waals surface area contributed by atoms with Crippen molar-refractivity contribution in [3.05, 3.63) is 74.7 Å². The number of anilines is 1. The van der Waals surface area contributed by atoms with Crippen molar-refractivity contribution in [3.63, 3.8) is 0 Å². The average Bonchev–Trinajstić information content (AvgIpc) is 3.32. The molecule has 170 valence electrons. The van der Waals surface area contributed by atoms with Crippen LogP contribution >= 0.6 is 0 Å². The molecule has 3 aromatic rings. The first-order valence-electron chi connectivity index (χ1n) is 10.7. The normalized spacial score (nSPS) is 15.9. The highest BCUT2D eigenvalue weighted by Crippen LogP contribution is 2.26. The van der Waals surface area contributed by atoms with Crippen molar-refractivity contribution >= 4 is 16.6 Å².